The second-order valence-electron chi connectivity index (χ2n) is 5.70. The first-order chi connectivity index (χ1) is 9.39. The molecule has 0 aliphatic heterocycles. The smallest absolute Gasteiger partial charge is 0.295 e. The zero-order valence-electron chi connectivity index (χ0n) is 11.4. The van der Waals surface area contributed by atoms with Gasteiger partial charge in [0.15, 0.2) is 0 Å². The minimum atomic E-state index is -0.847. The minimum Gasteiger partial charge on any atom is -0.388 e. The van der Waals surface area contributed by atoms with Gasteiger partial charge < -0.3 is 10.4 Å². The molecule has 2 atom stereocenters. The molecule has 2 rings (SSSR count). The lowest BCUT2D eigenvalue weighted by molar-refractivity contribution is -0.384. The molecule has 1 saturated carbocycles. The van der Waals surface area contributed by atoms with Crippen LogP contribution in [0.2, 0.25) is 0 Å². The van der Waals surface area contributed by atoms with Gasteiger partial charge in [-0.15, -0.1) is 0 Å². The number of nitro benzene ring substituents is 1. The molecule has 1 aliphatic rings. The fourth-order valence-corrected chi connectivity index (χ4v) is 2.86. The molecule has 0 aromatic heterocycles. The van der Waals surface area contributed by atoms with Crippen molar-refractivity contribution in [2.24, 2.45) is 5.92 Å². The summed E-state index contributed by atoms with van der Waals surface area (Å²) in [5, 5.41) is 24.3. The van der Waals surface area contributed by atoms with E-state index in [1.54, 1.807) is 0 Å². The highest BCUT2D eigenvalue weighted by molar-refractivity contribution is 5.61. The Morgan fingerprint density at radius 2 is 2.35 bits per heavy atom. The molecule has 110 valence electrons. The molecule has 20 heavy (non-hydrogen) atoms. The van der Waals surface area contributed by atoms with Gasteiger partial charge in [0.05, 0.1) is 16.6 Å². The van der Waals surface area contributed by atoms with E-state index < -0.39 is 16.3 Å². The van der Waals surface area contributed by atoms with Gasteiger partial charge in [-0.05, 0) is 30.9 Å². The molecule has 6 heteroatoms. The lowest BCUT2D eigenvalue weighted by Gasteiger charge is -2.35. The van der Waals surface area contributed by atoms with E-state index >= 15 is 0 Å². The maximum atomic E-state index is 13.0. The molecular formula is C14H19FN2O3. The number of aliphatic hydroxyl groups is 1. The van der Waals surface area contributed by atoms with E-state index in [0.29, 0.717) is 18.8 Å². The topological polar surface area (TPSA) is 75.4 Å². The number of hydrogen-bond acceptors (Lipinski definition) is 4. The molecule has 1 aromatic rings. The normalized spacial score (nSPS) is 26.2. The third-order valence-electron chi connectivity index (χ3n) is 3.83. The van der Waals surface area contributed by atoms with Crippen LogP contribution in [0.5, 0.6) is 0 Å². The van der Waals surface area contributed by atoms with Gasteiger partial charge in [0.2, 0.25) is 0 Å². The SMILES string of the molecule is CC1CCCC(O)(CNc2ccc(F)cc2[N+](=O)[O-])C1. The van der Waals surface area contributed by atoms with Gasteiger partial charge in [-0.1, -0.05) is 19.8 Å². The minimum absolute atomic E-state index is 0.239. The van der Waals surface area contributed by atoms with Crippen LogP contribution in [0, 0.1) is 21.8 Å². The molecule has 5 nitrogen and oxygen atoms in total. The summed E-state index contributed by atoms with van der Waals surface area (Å²) in [5.74, 6) is -0.203. The monoisotopic (exact) mass is 282 g/mol. The number of halogens is 1. The Kier molecular flexibility index (Phi) is 4.23. The number of anilines is 1. The molecule has 0 radical (unpaired) electrons. The van der Waals surface area contributed by atoms with Crippen molar-refractivity contribution in [2.75, 3.05) is 11.9 Å². The van der Waals surface area contributed by atoms with Crippen LogP contribution in [0.25, 0.3) is 0 Å². The van der Waals surface area contributed by atoms with Crippen molar-refractivity contribution >= 4 is 11.4 Å². The second-order valence-corrected chi connectivity index (χ2v) is 5.70. The predicted molar refractivity (Wildman–Crippen MR) is 74.1 cm³/mol. The molecule has 0 spiro atoms. The Morgan fingerprint density at radius 3 is 3.00 bits per heavy atom. The first kappa shape index (κ1) is 14.7. The van der Waals surface area contributed by atoms with Crippen molar-refractivity contribution in [1.29, 1.82) is 0 Å². The van der Waals surface area contributed by atoms with Gasteiger partial charge in [-0.2, -0.15) is 0 Å². The molecule has 1 aromatic carbocycles. The quantitative estimate of drug-likeness (QED) is 0.657. The summed E-state index contributed by atoms with van der Waals surface area (Å²) in [5.41, 5.74) is -0.916. The molecule has 1 fully saturated rings. The van der Waals surface area contributed by atoms with Crippen LogP contribution in [-0.4, -0.2) is 22.2 Å². The average Bonchev–Trinajstić information content (AvgIpc) is 2.37. The molecule has 0 heterocycles. The molecule has 0 saturated heterocycles. The van der Waals surface area contributed by atoms with Crippen LogP contribution < -0.4 is 5.32 Å². The average molecular weight is 282 g/mol. The predicted octanol–water partition coefficient (Wildman–Crippen LogP) is 3.09. The van der Waals surface area contributed by atoms with Crippen LogP contribution in [0.1, 0.15) is 32.6 Å². The van der Waals surface area contributed by atoms with Crippen molar-refractivity contribution in [1.82, 2.24) is 0 Å². The van der Waals surface area contributed by atoms with E-state index in [2.05, 4.69) is 12.2 Å². The number of rotatable bonds is 4. The summed E-state index contributed by atoms with van der Waals surface area (Å²) in [6, 6.07) is 3.39. The summed E-state index contributed by atoms with van der Waals surface area (Å²) in [4.78, 5) is 10.3. The Balaban J connectivity index is 2.09. The zero-order chi connectivity index (χ0) is 14.8. The van der Waals surface area contributed by atoms with Gasteiger partial charge in [-0.3, -0.25) is 10.1 Å². The third kappa shape index (κ3) is 3.45. The van der Waals surface area contributed by atoms with Crippen molar-refractivity contribution in [2.45, 2.75) is 38.2 Å². The van der Waals surface area contributed by atoms with Crippen LogP contribution >= 0.6 is 0 Å². The van der Waals surface area contributed by atoms with Crippen molar-refractivity contribution in [3.05, 3.63) is 34.1 Å². The fraction of sp³-hybridized carbons (Fsp3) is 0.571. The highest BCUT2D eigenvalue weighted by Crippen LogP contribution is 2.33. The fourth-order valence-electron chi connectivity index (χ4n) is 2.86. The van der Waals surface area contributed by atoms with Crippen molar-refractivity contribution in [3.63, 3.8) is 0 Å². The lowest BCUT2D eigenvalue weighted by Crippen LogP contribution is -2.41. The summed E-state index contributed by atoms with van der Waals surface area (Å²) < 4.78 is 13.0. The van der Waals surface area contributed by atoms with E-state index in [-0.39, 0.29) is 17.9 Å². The van der Waals surface area contributed by atoms with Gasteiger partial charge in [-0.25, -0.2) is 4.39 Å². The third-order valence-corrected chi connectivity index (χ3v) is 3.83. The highest BCUT2D eigenvalue weighted by atomic mass is 19.1. The van der Waals surface area contributed by atoms with Gasteiger partial charge in [0.1, 0.15) is 11.5 Å². The van der Waals surface area contributed by atoms with Crippen molar-refractivity contribution < 1.29 is 14.4 Å². The largest absolute Gasteiger partial charge is 0.388 e. The lowest BCUT2D eigenvalue weighted by atomic mass is 9.79. The van der Waals surface area contributed by atoms with Crippen LogP contribution in [-0.2, 0) is 0 Å². The zero-order valence-corrected chi connectivity index (χ0v) is 11.4. The van der Waals surface area contributed by atoms with E-state index in [9.17, 15) is 19.6 Å². The van der Waals surface area contributed by atoms with Crippen molar-refractivity contribution in [3.8, 4) is 0 Å². The van der Waals surface area contributed by atoms with Crippen LogP contribution in [0.15, 0.2) is 18.2 Å². The molecule has 0 bridgehead atoms. The van der Waals surface area contributed by atoms with E-state index in [0.717, 1.165) is 18.9 Å². The van der Waals surface area contributed by atoms with E-state index in [4.69, 9.17) is 0 Å². The summed E-state index contributed by atoms with van der Waals surface area (Å²) in [7, 11) is 0. The summed E-state index contributed by atoms with van der Waals surface area (Å²) >= 11 is 0. The first-order valence-corrected chi connectivity index (χ1v) is 6.80. The van der Waals surface area contributed by atoms with E-state index in [1.807, 2.05) is 0 Å². The molecule has 2 unspecified atom stereocenters. The number of nitro groups is 1. The summed E-state index contributed by atoms with van der Waals surface area (Å²) in [6.45, 7) is 2.33. The van der Waals surface area contributed by atoms with Gasteiger partial charge >= 0.3 is 0 Å². The molecule has 1 aliphatic carbocycles. The maximum Gasteiger partial charge on any atom is 0.295 e. The number of nitrogens with zero attached hydrogens (tertiary/aromatic N) is 1. The standard InChI is InChI=1S/C14H19FN2O3/c1-10-3-2-6-14(18,8-10)9-16-12-5-4-11(15)7-13(12)17(19)20/h4-5,7,10,16,18H,2-3,6,8-9H2,1H3. The Labute approximate surface area is 117 Å². The first-order valence-electron chi connectivity index (χ1n) is 6.80. The number of nitrogens with one attached hydrogen (secondary N) is 1. The molecule has 0 amide bonds. The number of hydrogen-bond donors (Lipinski definition) is 2. The Bertz CT molecular complexity index is 509. The van der Waals surface area contributed by atoms with Crippen LogP contribution in [0.3, 0.4) is 0 Å². The van der Waals surface area contributed by atoms with Crippen LogP contribution in [0.4, 0.5) is 15.8 Å². The van der Waals surface area contributed by atoms with Gasteiger partial charge in [0.25, 0.3) is 5.69 Å². The number of benzene rings is 1. The molecular weight excluding hydrogens is 263 g/mol. The Hall–Kier alpha value is -1.69. The van der Waals surface area contributed by atoms with E-state index in [1.165, 1.54) is 12.1 Å². The van der Waals surface area contributed by atoms with Gasteiger partial charge in [0, 0.05) is 6.54 Å². The second kappa shape index (κ2) is 5.75. The summed E-state index contributed by atoms with van der Waals surface area (Å²) in [6.07, 6.45) is 3.40. The molecule has 2 N–H and O–H groups in total. The highest BCUT2D eigenvalue weighted by Gasteiger charge is 2.32. The Morgan fingerprint density at radius 1 is 1.60 bits per heavy atom. The maximum absolute atomic E-state index is 13.0.